The lowest BCUT2D eigenvalue weighted by Crippen LogP contribution is -2.49. The third kappa shape index (κ3) is 4.95. The molecule has 29 heavy (non-hydrogen) atoms. The van der Waals surface area contributed by atoms with Crippen molar-refractivity contribution in [1.82, 2.24) is 10.2 Å². The van der Waals surface area contributed by atoms with Crippen LogP contribution in [0.3, 0.4) is 0 Å². The van der Waals surface area contributed by atoms with E-state index in [1.165, 1.54) is 6.07 Å². The van der Waals surface area contributed by atoms with Gasteiger partial charge in [-0.05, 0) is 55.3 Å². The molecule has 2 atom stereocenters. The summed E-state index contributed by atoms with van der Waals surface area (Å²) in [5.41, 5.74) is 1.16. The van der Waals surface area contributed by atoms with Gasteiger partial charge in [0.05, 0.1) is 5.56 Å². The molecule has 1 amide bonds. The van der Waals surface area contributed by atoms with E-state index >= 15 is 0 Å². The highest BCUT2D eigenvalue weighted by Crippen LogP contribution is 2.34. The first-order valence-electron chi connectivity index (χ1n) is 9.19. The molecule has 2 aromatic rings. The van der Waals surface area contributed by atoms with Crippen LogP contribution in [0.2, 0.25) is 5.02 Å². The molecular weight excluding hydrogens is 469 g/mol. The van der Waals surface area contributed by atoms with Crippen LogP contribution in [0.25, 0.3) is 0 Å². The summed E-state index contributed by atoms with van der Waals surface area (Å²) < 4.78 is 39.7. The Kier molecular flexibility index (Phi) is 6.61. The Balaban J connectivity index is 1.91. The number of hydrogen-bond donors (Lipinski definition) is 1. The number of nitrogens with one attached hydrogen (secondary N) is 1. The molecule has 0 spiro atoms. The van der Waals surface area contributed by atoms with Gasteiger partial charge in [-0.15, -0.1) is 0 Å². The van der Waals surface area contributed by atoms with Crippen molar-refractivity contribution in [2.45, 2.75) is 31.5 Å². The molecule has 0 aromatic heterocycles. The summed E-state index contributed by atoms with van der Waals surface area (Å²) in [6.07, 6.45) is -3.82. The molecule has 1 aliphatic heterocycles. The first kappa shape index (κ1) is 22.1. The molecular formula is C21H21BrClF3N2O. The number of likely N-dealkylation sites (N-methyl/N-ethyl adjacent to an activating group) is 1. The van der Waals surface area contributed by atoms with Crippen LogP contribution in [0.5, 0.6) is 0 Å². The Morgan fingerprint density at radius 2 is 1.97 bits per heavy atom. The van der Waals surface area contributed by atoms with E-state index in [1.807, 2.05) is 25.1 Å². The lowest BCUT2D eigenvalue weighted by atomic mass is 9.85. The minimum absolute atomic E-state index is 0.0127. The Morgan fingerprint density at radius 3 is 2.62 bits per heavy atom. The van der Waals surface area contributed by atoms with Crippen LogP contribution in [0.1, 0.15) is 39.4 Å². The Hall–Kier alpha value is -1.57. The van der Waals surface area contributed by atoms with E-state index < -0.39 is 17.6 Å². The Morgan fingerprint density at radius 1 is 1.24 bits per heavy atom. The van der Waals surface area contributed by atoms with Crippen LogP contribution in [-0.4, -0.2) is 37.0 Å². The average Bonchev–Trinajstić information content (AvgIpc) is 2.68. The summed E-state index contributed by atoms with van der Waals surface area (Å²) in [5.74, 6) is -0.415. The summed E-state index contributed by atoms with van der Waals surface area (Å²) in [5, 5.41) is 4.02. The largest absolute Gasteiger partial charge is 0.416 e. The number of hydrogen-bond acceptors (Lipinski definition) is 2. The zero-order valence-corrected chi connectivity index (χ0v) is 18.3. The average molecular weight is 490 g/mol. The number of halogens is 5. The standard InChI is InChI=1S/C21H21BrClF3N2O/c1-12-7-13(3-4-18(12)23)17-11-27-6-5-19(17)28(2)20(29)14-8-15(21(24,25)26)10-16(22)9-14/h3-4,7-10,17,19,27H,5-6,11H2,1-2H3/t17-,19+/m0/s1. The van der Waals surface area contributed by atoms with Gasteiger partial charge in [0.1, 0.15) is 0 Å². The topological polar surface area (TPSA) is 32.3 Å². The molecule has 156 valence electrons. The molecule has 0 unspecified atom stereocenters. The minimum Gasteiger partial charge on any atom is -0.338 e. The maximum Gasteiger partial charge on any atom is 0.416 e. The van der Waals surface area contributed by atoms with E-state index in [0.29, 0.717) is 18.0 Å². The second-order valence-corrected chi connectivity index (χ2v) is 8.64. The summed E-state index contributed by atoms with van der Waals surface area (Å²) >= 11 is 9.23. The fourth-order valence-corrected chi connectivity index (χ4v) is 4.39. The van der Waals surface area contributed by atoms with Crippen molar-refractivity contribution < 1.29 is 18.0 Å². The van der Waals surface area contributed by atoms with E-state index in [2.05, 4.69) is 21.2 Å². The molecule has 0 radical (unpaired) electrons. The SMILES string of the molecule is Cc1cc([C@@H]2CNCC[C@H]2N(C)C(=O)c2cc(Br)cc(C(F)(F)F)c2)ccc1Cl. The second kappa shape index (κ2) is 8.66. The maximum absolute atomic E-state index is 13.2. The summed E-state index contributed by atoms with van der Waals surface area (Å²) in [7, 11) is 1.66. The highest BCUT2D eigenvalue weighted by Gasteiger charge is 2.35. The van der Waals surface area contributed by atoms with Gasteiger partial charge in [0, 0.05) is 40.6 Å². The van der Waals surface area contributed by atoms with Crippen molar-refractivity contribution in [1.29, 1.82) is 0 Å². The molecule has 0 aliphatic carbocycles. The molecule has 0 bridgehead atoms. The number of nitrogens with zero attached hydrogens (tertiary/aromatic N) is 1. The number of piperidine rings is 1. The van der Waals surface area contributed by atoms with Crippen LogP contribution in [0, 0.1) is 6.92 Å². The lowest BCUT2D eigenvalue weighted by Gasteiger charge is -2.39. The molecule has 3 rings (SSSR count). The van der Waals surface area contributed by atoms with Gasteiger partial charge in [-0.25, -0.2) is 0 Å². The van der Waals surface area contributed by atoms with Crippen LogP contribution < -0.4 is 5.32 Å². The summed E-state index contributed by atoms with van der Waals surface area (Å²) in [6.45, 7) is 3.33. The van der Waals surface area contributed by atoms with Gasteiger partial charge in [-0.1, -0.05) is 39.7 Å². The third-order valence-corrected chi connectivity index (χ3v) is 6.23. The number of benzene rings is 2. The molecule has 1 heterocycles. The van der Waals surface area contributed by atoms with E-state index in [9.17, 15) is 18.0 Å². The molecule has 0 saturated carbocycles. The van der Waals surface area contributed by atoms with E-state index in [0.717, 1.165) is 29.8 Å². The normalized spacial score (nSPS) is 19.8. The molecule has 1 saturated heterocycles. The van der Waals surface area contributed by atoms with Crippen LogP contribution in [-0.2, 0) is 6.18 Å². The number of carbonyl (C=O) groups excluding carboxylic acids is 1. The van der Waals surface area contributed by atoms with E-state index in [-0.39, 0.29) is 22.0 Å². The number of carbonyl (C=O) groups is 1. The highest BCUT2D eigenvalue weighted by atomic mass is 79.9. The van der Waals surface area contributed by atoms with Crippen molar-refractivity contribution in [2.75, 3.05) is 20.1 Å². The predicted octanol–water partition coefficient (Wildman–Crippen LogP) is 5.65. The predicted molar refractivity (Wildman–Crippen MR) is 111 cm³/mol. The van der Waals surface area contributed by atoms with Gasteiger partial charge >= 0.3 is 6.18 Å². The summed E-state index contributed by atoms with van der Waals surface area (Å²) in [4.78, 5) is 14.6. The van der Waals surface area contributed by atoms with Crippen molar-refractivity contribution in [2.24, 2.45) is 0 Å². The first-order valence-corrected chi connectivity index (χ1v) is 10.4. The third-order valence-electron chi connectivity index (χ3n) is 5.35. The van der Waals surface area contributed by atoms with Gasteiger partial charge in [0.15, 0.2) is 0 Å². The molecule has 8 heteroatoms. The molecule has 1 fully saturated rings. The van der Waals surface area contributed by atoms with Crippen LogP contribution in [0.4, 0.5) is 13.2 Å². The van der Waals surface area contributed by atoms with E-state index in [1.54, 1.807) is 11.9 Å². The van der Waals surface area contributed by atoms with Gasteiger partial charge < -0.3 is 10.2 Å². The van der Waals surface area contributed by atoms with Gasteiger partial charge in [-0.3, -0.25) is 4.79 Å². The van der Waals surface area contributed by atoms with Crippen molar-refractivity contribution in [3.05, 3.63) is 68.1 Å². The van der Waals surface area contributed by atoms with Gasteiger partial charge in [-0.2, -0.15) is 13.2 Å². The van der Waals surface area contributed by atoms with Crippen LogP contribution >= 0.6 is 27.5 Å². The zero-order chi connectivity index (χ0) is 21.3. The fraction of sp³-hybridized carbons (Fsp3) is 0.381. The Bertz CT molecular complexity index is 919. The quantitative estimate of drug-likeness (QED) is 0.604. The van der Waals surface area contributed by atoms with E-state index in [4.69, 9.17) is 11.6 Å². The Labute approximate surface area is 181 Å². The number of aryl methyl sites for hydroxylation is 1. The number of amides is 1. The number of alkyl halides is 3. The lowest BCUT2D eigenvalue weighted by molar-refractivity contribution is -0.137. The van der Waals surface area contributed by atoms with Crippen molar-refractivity contribution in [3.63, 3.8) is 0 Å². The number of rotatable bonds is 3. The minimum atomic E-state index is -4.52. The highest BCUT2D eigenvalue weighted by molar-refractivity contribution is 9.10. The molecule has 1 N–H and O–H groups in total. The first-order chi connectivity index (χ1) is 13.6. The molecule has 1 aliphatic rings. The maximum atomic E-state index is 13.2. The van der Waals surface area contributed by atoms with Crippen molar-refractivity contribution in [3.8, 4) is 0 Å². The molecule has 3 nitrogen and oxygen atoms in total. The molecule has 2 aromatic carbocycles. The monoisotopic (exact) mass is 488 g/mol. The van der Waals surface area contributed by atoms with Gasteiger partial charge in [0.2, 0.25) is 0 Å². The van der Waals surface area contributed by atoms with Crippen LogP contribution in [0.15, 0.2) is 40.9 Å². The van der Waals surface area contributed by atoms with Gasteiger partial charge in [0.25, 0.3) is 5.91 Å². The van der Waals surface area contributed by atoms with Crippen molar-refractivity contribution >= 4 is 33.4 Å². The second-order valence-electron chi connectivity index (χ2n) is 7.32. The summed E-state index contributed by atoms with van der Waals surface area (Å²) in [6, 6.07) is 8.95. The zero-order valence-electron chi connectivity index (χ0n) is 16.0. The fourth-order valence-electron chi connectivity index (χ4n) is 3.78. The smallest absolute Gasteiger partial charge is 0.338 e.